The number of nitrogens with zero attached hydrogens (tertiary/aromatic N) is 2. The number of aryl methyl sites for hydroxylation is 1. The molecule has 0 unspecified atom stereocenters. The van der Waals surface area contributed by atoms with Gasteiger partial charge in [-0.05, 0) is 13.0 Å². The second kappa shape index (κ2) is 4.21. The molecule has 1 N–H and O–H groups in total. The maximum absolute atomic E-state index is 4.16. The number of aromatic nitrogens is 2. The second-order valence-corrected chi connectivity index (χ2v) is 3.48. The fraction of sp³-hybridized carbons (Fsp3) is 0.250. The molecule has 64 valence electrons. The number of hydrogen-bond donors (Lipinski definition) is 1. The van der Waals surface area contributed by atoms with Crippen molar-refractivity contribution in [3.8, 4) is 0 Å². The van der Waals surface area contributed by atoms with Gasteiger partial charge in [0.2, 0.25) is 0 Å². The van der Waals surface area contributed by atoms with Crippen LogP contribution >= 0.6 is 15.9 Å². The van der Waals surface area contributed by atoms with Crippen molar-refractivity contribution in [3.05, 3.63) is 29.1 Å². The molecule has 3 nitrogen and oxygen atoms in total. The van der Waals surface area contributed by atoms with Gasteiger partial charge < -0.3 is 5.32 Å². The molecule has 0 aromatic carbocycles. The molecule has 0 saturated heterocycles. The lowest BCUT2D eigenvalue weighted by Crippen LogP contribution is -2.03. The molecule has 0 radical (unpaired) electrons. The van der Waals surface area contributed by atoms with Crippen LogP contribution in [0.4, 0.5) is 5.82 Å². The zero-order valence-electron chi connectivity index (χ0n) is 6.84. The lowest BCUT2D eigenvalue weighted by Gasteiger charge is -2.03. The molecule has 1 heterocycles. The predicted molar refractivity (Wildman–Crippen MR) is 53.3 cm³/mol. The molecule has 0 aliphatic rings. The van der Waals surface area contributed by atoms with Crippen LogP contribution in [0.25, 0.3) is 0 Å². The largest absolute Gasteiger partial charge is 0.365 e. The molecule has 0 aliphatic heterocycles. The number of hydrogen-bond acceptors (Lipinski definition) is 3. The molecule has 0 atom stereocenters. The van der Waals surface area contributed by atoms with Gasteiger partial charge in [0.05, 0.1) is 0 Å². The van der Waals surface area contributed by atoms with E-state index in [1.807, 2.05) is 13.0 Å². The average Bonchev–Trinajstić information content (AvgIpc) is 2.01. The fourth-order valence-electron chi connectivity index (χ4n) is 0.741. The van der Waals surface area contributed by atoms with Gasteiger partial charge in [0.15, 0.2) is 0 Å². The van der Waals surface area contributed by atoms with E-state index in [-0.39, 0.29) is 0 Å². The van der Waals surface area contributed by atoms with E-state index < -0.39 is 0 Å². The van der Waals surface area contributed by atoms with Crippen molar-refractivity contribution in [2.45, 2.75) is 6.92 Å². The van der Waals surface area contributed by atoms with Gasteiger partial charge in [-0.25, -0.2) is 9.97 Å². The molecule has 12 heavy (non-hydrogen) atoms. The molecule has 1 aromatic rings. The number of anilines is 1. The molecular weight excluding hydrogens is 218 g/mol. The third kappa shape index (κ3) is 3.00. The smallest absolute Gasteiger partial charge is 0.129 e. The summed E-state index contributed by atoms with van der Waals surface area (Å²) >= 11 is 3.25. The van der Waals surface area contributed by atoms with Crippen molar-refractivity contribution >= 4 is 21.7 Å². The normalized spacial score (nSPS) is 9.50. The van der Waals surface area contributed by atoms with Gasteiger partial charge in [-0.15, -0.1) is 0 Å². The molecule has 0 bridgehead atoms. The van der Waals surface area contributed by atoms with Crippen LogP contribution in [-0.2, 0) is 0 Å². The van der Waals surface area contributed by atoms with Crippen LogP contribution < -0.4 is 5.32 Å². The summed E-state index contributed by atoms with van der Waals surface area (Å²) in [5, 5.41) is 3.09. The quantitative estimate of drug-likeness (QED) is 0.860. The number of rotatable bonds is 3. The van der Waals surface area contributed by atoms with E-state index in [1.165, 1.54) is 0 Å². The standard InChI is InChI=1S/C8H10BrN3/c1-6(9)5-11-8-3-4-10-7(2)12-8/h3-4H,1,5H2,2H3,(H,10,11,12). The maximum atomic E-state index is 4.16. The van der Waals surface area contributed by atoms with E-state index in [2.05, 4.69) is 37.8 Å². The van der Waals surface area contributed by atoms with Crippen molar-refractivity contribution in [2.75, 3.05) is 11.9 Å². The average molecular weight is 228 g/mol. The Bertz CT molecular complexity index is 285. The highest BCUT2D eigenvalue weighted by atomic mass is 79.9. The van der Waals surface area contributed by atoms with Crippen LogP contribution in [0.1, 0.15) is 5.82 Å². The summed E-state index contributed by atoms with van der Waals surface area (Å²) < 4.78 is 0.902. The molecule has 0 saturated carbocycles. The molecule has 0 spiro atoms. The Hall–Kier alpha value is -0.900. The van der Waals surface area contributed by atoms with E-state index in [0.717, 1.165) is 16.1 Å². The lowest BCUT2D eigenvalue weighted by molar-refractivity contribution is 1.04. The molecule has 4 heteroatoms. The van der Waals surface area contributed by atoms with E-state index in [4.69, 9.17) is 0 Å². The summed E-state index contributed by atoms with van der Waals surface area (Å²) in [5.74, 6) is 1.59. The Morgan fingerprint density at radius 3 is 3.08 bits per heavy atom. The summed E-state index contributed by atoms with van der Waals surface area (Å²) in [7, 11) is 0. The van der Waals surface area contributed by atoms with Crippen LogP contribution in [-0.4, -0.2) is 16.5 Å². The molecule has 0 amide bonds. The van der Waals surface area contributed by atoms with Crippen LogP contribution in [0.2, 0.25) is 0 Å². The molecule has 1 aromatic heterocycles. The van der Waals surface area contributed by atoms with Crippen LogP contribution in [0.5, 0.6) is 0 Å². The van der Waals surface area contributed by atoms with Gasteiger partial charge in [0, 0.05) is 17.2 Å². The van der Waals surface area contributed by atoms with Crippen molar-refractivity contribution in [1.29, 1.82) is 0 Å². The summed E-state index contributed by atoms with van der Waals surface area (Å²) in [5.41, 5.74) is 0. The summed E-state index contributed by atoms with van der Waals surface area (Å²) in [4.78, 5) is 8.14. The number of halogens is 1. The highest BCUT2D eigenvalue weighted by molar-refractivity contribution is 9.11. The van der Waals surface area contributed by atoms with Gasteiger partial charge >= 0.3 is 0 Å². The maximum Gasteiger partial charge on any atom is 0.129 e. The van der Waals surface area contributed by atoms with Crippen molar-refractivity contribution in [3.63, 3.8) is 0 Å². The van der Waals surface area contributed by atoms with Crippen molar-refractivity contribution in [1.82, 2.24) is 9.97 Å². The van der Waals surface area contributed by atoms with Crippen LogP contribution in [0.15, 0.2) is 23.3 Å². The Morgan fingerprint density at radius 2 is 2.50 bits per heavy atom. The van der Waals surface area contributed by atoms with E-state index in [0.29, 0.717) is 6.54 Å². The molecule has 1 rings (SSSR count). The minimum Gasteiger partial charge on any atom is -0.365 e. The van der Waals surface area contributed by atoms with E-state index in [9.17, 15) is 0 Å². The summed E-state index contributed by atoms with van der Waals surface area (Å²) in [6.07, 6.45) is 1.72. The molecule has 0 fully saturated rings. The summed E-state index contributed by atoms with van der Waals surface area (Å²) in [6, 6.07) is 1.82. The van der Waals surface area contributed by atoms with Gasteiger partial charge in [-0.3, -0.25) is 0 Å². The van der Waals surface area contributed by atoms with Gasteiger partial charge in [0.25, 0.3) is 0 Å². The van der Waals surface area contributed by atoms with Crippen LogP contribution in [0.3, 0.4) is 0 Å². The zero-order chi connectivity index (χ0) is 8.97. The molecular formula is C8H10BrN3. The first-order valence-corrected chi connectivity index (χ1v) is 4.34. The van der Waals surface area contributed by atoms with E-state index in [1.54, 1.807) is 6.20 Å². The topological polar surface area (TPSA) is 37.8 Å². The minimum atomic E-state index is 0.677. The zero-order valence-corrected chi connectivity index (χ0v) is 8.43. The second-order valence-electron chi connectivity index (χ2n) is 2.36. The SMILES string of the molecule is C=C(Br)CNc1ccnc(C)n1. The first-order chi connectivity index (χ1) is 5.68. The Balaban J connectivity index is 2.57. The third-order valence-electron chi connectivity index (χ3n) is 1.24. The van der Waals surface area contributed by atoms with Crippen molar-refractivity contribution < 1.29 is 0 Å². The Kier molecular flexibility index (Phi) is 3.22. The van der Waals surface area contributed by atoms with E-state index >= 15 is 0 Å². The lowest BCUT2D eigenvalue weighted by atomic mass is 10.5. The predicted octanol–water partition coefficient (Wildman–Crippen LogP) is 2.11. The first kappa shape index (κ1) is 9.19. The Morgan fingerprint density at radius 1 is 1.75 bits per heavy atom. The Labute approximate surface area is 80.1 Å². The minimum absolute atomic E-state index is 0.677. The first-order valence-electron chi connectivity index (χ1n) is 3.55. The highest BCUT2D eigenvalue weighted by Crippen LogP contribution is 2.04. The van der Waals surface area contributed by atoms with Gasteiger partial charge in [-0.2, -0.15) is 0 Å². The van der Waals surface area contributed by atoms with Crippen molar-refractivity contribution in [2.24, 2.45) is 0 Å². The summed E-state index contributed by atoms with van der Waals surface area (Å²) in [6.45, 7) is 6.24. The van der Waals surface area contributed by atoms with Crippen LogP contribution in [0, 0.1) is 6.92 Å². The molecule has 0 aliphatic carbocycles. The highest BCUT2D eigenvalue weighted by Gasteiger charge is 1.93. The van der Waals surface area contributed by atoms with Gasteiger partial charge in [0.1, 0.15) is 11.6 Å². The monoisotopic (exact) mass is 227 g/mol. The third-order valence-corrected chi connectivity index (χ3v) is 1.52. The fourth-order valence-corrected chi connectivity index (χ4v) is 0.881. The van der Waals surface area contributed by atoms with Gasteiger partial charge in [-0.1, -0.05) is 22.5 Å². The number of nitrogens with one attached hydrogen (secondary N) is 1.